The van der Waals surface area contributed by atoms with Crippen molar-refractivity contribution >= 4 is 11.6 Å². The first-order valence-electron chi connectivity index (χ1n) is 8.37. The first-order valence-corrected chi connectivity index (χ1v) is 8.37. The topological polar surface area (TPSA) is 99.3 Å². The van der Waals surface area contributed by atoms with Gasteiger partial charge in [-0.3, -0.25) is 14.9 Å². The fraction of sp³-hybridized carbons (Fsp3) is 0.158. The fourth-order valence-electron chi connectivity index (χ4n) is 2.60. The maximum Gasteiger partial charge on any atom is 0.271 e. The van der Waals surface area contributed by atoms with E-state index in [0.29, 0.717) is 30.1 Å². The number of nitro groups is 1. The van der Waals surface area contributed by atoms with Crippen LogP contribution in [0.15, 0.2) is 54.6 Å². The minimum Gasteiger partial charge on any atom is -0.383 e. The number of amides is 1. The number of ether oxygens (including phenoxy) is 1. The van der Waals surface area contributed by atoms with Gasteiger partial charge in [0.15, 0.2) is 0 Å². The van der Waals surface area contributed by atoms with E-state index >= 15 is 0 Å². The van der Waals surface area contributed by atoms with Crippen molar-refractivity contribution in [1.29, 1.82) is 0 Å². The van der Waals surface area contributed by atoms with Crippen LogP contribution >= 0.6 is 0 Å². The second-order valence-corrected chi connectivity index (χ2v) is 5.86. The number of carbonyl (C=O) groups is 1. The summed E-state index contributed by atoms with van der Waals surface area (Å²) in [6, 6.07) is 13.0. The van der Waals surface area contributed by atoms with E-state index in [9.17, 15) is 19.3 Å². The van der Waals surface area contributed by atoms with Crippen LogP contribution in [0, 0.1) is 15.9 Å². The molecule has 9 heteroatoms. The zero-order valence-electron chi connectivity index (χ0n) is 15.0. The maximum absolute atomic E-state index is 13.2. The lowest BCUT2D eigenvalue weighted by molar-refractivity contribution is -0.384. The van der Waals surface area contributed by atoms with Crippen molar-refractivity contribution in [3.63, 3.8) is 0 Å². The Balaban J connectivity index is 2.05. The highest BCUT2D eigenvalue weighted by Gasteiger charge is 2.19. The van der Waals surface area contributed by atoms with E-state index in [1.165, 1.54) is 42.1 Å². The normalized spacial score (nSPS) is 10.6. The molecule has 0 radical (unpaired) electrons. The van der Waals surface area contributed by atoms with Crippen LogP contribution in [0.4, 0.5) is 10.1 Å². The van der Waals surface area contributed by atoms with Gasteiger partial charge in [-0.15, -0.1) is 0 Å². The molecule has 0 atom stereocenters. The molecule has 144 valence electrons. The van der Waals surface area contributed by atoms with Crippen molar-refractivity contribution in [3.8, 4) is 16.9 Å². The molecule has 1 aromatic heterocycles. The number of aromatic nitrogens is 2. The molecule has 0 spiro atoms. The minimum absolute atomic E-state index is 0.123. The highest BCUT2D eigenvalue weighted by atomic mass is 19.1. The van der Waals surface area contributed by atoms with Gasteiger partial charge in [-0.05, 0) is 36.4 Å². The van der Waals surface area contributed by atoms with Crippen LogP contribution in [0.5, 0.6) is 0 Å². The summed E-state index contributed by atoms with van der Waals surface area (Å²) in [7, 11) is 1.52. The maximum atomic E-state index is 13.2. The Morgan fingerprint density at radius 1 is 1.25 bits per heavy atom. The highest BCUT2D eigenvalue weighted by molar-refractivity contribution is 5.94. The summed E-state index contributed by atoms with van der Waals surface area (Å²) in [5.41, 5.74) is 1.47. The number of nitrogens with zero attached hydrogens (tertiary/aromatic N) is 3. The molecule has 1 N–H and O–H groups in total. The number of halogens is 1. The van der Waals surface area contributed by atoms with Gasteiger partial charge in [0.2, 0.25) is 0 Å². The van der Waals surface area contributed by atoms with E-state index in [-0.39, 0.29) is 17.2 Å². The number of hydrogen-bond acceptors (Lipinski definition) is 5. The number of methoxy groups -OCH3 is 1. The number of nitrogens with one attached hydrogen (secondary N) is 1. The Morgan fingerprint density at radius 3 is 2.68 bits per heavy atom. The minimum atomic E-state index is -0.522. The molecule has 0 saturated heterocycles. The van der Waals surface area contributed by atoms with Crippen LogP contribution in [-0.4, -0.2) is 40.9 Å². The molecule has 0 bridgehead atoms. The summed E-state index contributed by atoms with van der Waals surface area (Å²) in [6.45, 7) is 0.628. The molecule has 8 nitrogen and oxygen atoms in total. The van der Waals surface area contributed by atoms with Crippen molar-refractivity contribution in [1.82, 2.24) is 15.1 Å². The fourth-order valence-corrected chi connectivity index (χ4v) is 2.60. The van der Waals surface area contributed by atoms with Crippen LogP contribution < -0.4 is 5.32 Å². The van der Waals surface area contributed by atoms with E-state index in [1.54, 1.807) is 24.3 Å². The first-order chi connectivity index (χ1) is 13.5. The van der Waals surface area contributed by atoms with Crippen molar-refractivity contribution in [2.24, 2.45) is 0 Å². The molecule has 0 saturated carbocycles. The molecular formula is C19H17FN4O4. The second-order valence-electron chi connectivity index (χ2n) is 5.86. The highest BCUT2D eigenvalue weighted by Crippen LogP contribution is 2.24. The SMILES string of the molecule is COCCNC(=O)c1cc(-c2ccc(F)cc2)nn1-c1cccc([N+](=O)[O-])c1. The average Bonchev–Trinajstić information content (AvgIpc) is 3.14. The summed E-state index contributed by atoms with van der Waals surface area (Å²) in [5, 5.41) is 18.2. The summed E-state index contributed by atoms with van der Waals surface area (Å²) in [5.74, 6) is -0.802. The lowest BCUT2D eigenvalue weighted by atomic mass is 10.1. The lowest BCUT2D eigenvalue weighted by Crippen LogP contribution is -2.28. The molecule has 0 fully saturated rings. The molecule has 0 aliphatic carbocycles. The third kappa shape index (κ3) is 4.21. The molecule has 28 heavy (non-hydrogen) atoms. The molecule has 2 aromatic carbocycles. The first kappa shape index (κ1) is 19.2. The third-order valence-corrected chi connectivity index (χ3v) is 3.96. The van der Waals surface area contributed by atoms with Gasteiger partial charge in [0.25, 0.3) is 11.6 Å². The molecule has 3 rings (SSSR count). The summed E-state index contributed by atoms with van der Waals surface area (Å²) < 4.78 is 19.5. The van der Waals surface area contributed by atoms with E-state index in [4.69, 9.17) is 4.74 Å². The van der Waals surface area contributed by atoms with Crippen LogP contribution in [0.1, 0.15) is 10.5 Å². The van der Waals surface area contributed by atoms with Crippen molar-refractivity contribution in [2.75, 3.05) is 20.3 Å². The van der Waals surface area contributed by atoms with Gasteiger partial charge in [-0.2, -0.15) is 5.10 Å². The lowest BCUT2D eigenvalue weighted by Gasteiger charge is -2.08. The van der Waals surface area contributed by atoms with Crippen LogP contribution in [-0.2, 0) is 4.74 Å². The van der Waals surface area contributed by atoms with Gasteiger partial charge in [-0.25, -0.2) is 9.07 Å². The monoisotopic (exact) mass is 384 g/mol. The molecule has 1 amide bonds. The quantitative estimate of drug-likeness (QED) is 0.384. The predicted octanol–water partition coefficient (Wildman–Crippen LogP) is 2.96. The number of benzene rings is 2. The number of nitro benzene ring substituents is 1. The number of non-ortho nitro benzene ring substituents is 1. The van der Waals surface area contributed by atoms with Gasteiger partial charge in [0.05, 0.1) is 22.9 Å². The van der Waals surface area contributed by atoms with Crippen molar-refractivity contribution in [3.05, 3.63) is 76.2 Å². The zero-order chi connectivity index (χ0) is 20.1. The average molecular weight is 384 g/mol. The smallest absolute Gasteiger partial charge is 0.271 e. The predicted molar refractivity (Wildman–Crippen MR) is 99.8 cm³/mol. The van der Waals surface area contributed by atoms with Crippen LogP contribution in [0.25, 0.3) is 16.9 Å². The van der Waals surface area contributed by atoms with Gasteiger partial charge >= 0.3 is 0 Å². The third-order valence-electron chi connectivity index (χ3n) is 3.96. The molecule has 0 unspecified atom stereocenters. The summed E-state index contributed by atoms with van der Waals surface area (Å²) in [6.07, 6.45) is 0. The second kappa shape index (κ2) is 8.40. The molecule has 0 aliphatic heterocycles. The van der Waals surface area contributed by atoms with E-state index in [2.05, 4.69) is 10.4 Å². The van der Waals surface area contributed by atoms with E-state index in [0.717, 1.165) is 0 Å². The number of rotatable bonds is 7. The van der Waals surface area contributed by atoms with E-state index < -0.39 is 10.8 Å². The van der Waals surface area contributed by atoms with Crippen molar-refractivity contribution in [2.45, 2.75) is 0 Å². The Hall–Kier alpha value is -3.59. The standard InChI is InChI=1S/C19H17FN4O4/c1-28-10-9-21-19(25)18-12-17(13-5-7-14(20)8-6-13)22-23(18)15-3-2-4-16(11-15)24(26)27/h2-8,11-12H,9-10H2,1H3,(H,21,25). The van der Waals surface area contributed by atoms with Crippen LogP contribution in [0.3, 0.4) is 0 Å². The summed E-state index contributed by atoms with van der Waals surface area (Å²) in [4.78, 5) is 23.2. The van der Waals surface area contributed by atoms with Gasteiger partial charge in [0, 0.05) is 31.4 Å². The Bertz CT molecular complexity index is 1000. The van der Waals surface area contributed by atoms with Crippen LogP contribution in [0.2, 0.25) is 0 Å². The zero-order valence-corrected chi connectivity index (χ0v) is 15.0. The van der Waals surface area contributed by atoms with Gasteiger partial charge < -0.3 is 10.1 Å². The van der Waals surface area contributed by atoms with E-state index in [1.807, 2.05) is 0 Å². The molecule has 0 aliphatic rings. The number of hydrogen-bond donors (Lipinski definition) is 1. The summed E-state index contributed by atoms with van der Waals surface area (Å²) >= 11 is 0. The Kier molecular flexibility index (Phi) is 5.75. The Morgan fingerprint density at radius 2 is 2.00 bits per heavy atom. The van der Waals surface area contributed by atoms with Gasteiger partial charge in [0.1, 0.15) is 11.5 Å². The van der Waals surface area contributed by atoms with Gasteiger partial charge in [-0.1, -0.05) is 6.07 Å². The largest absolute Gasteiger partial charge is 0.383 e. The molecular weight excluding hydrogens is 367 g/mol. The molecule has 1 heterocycles. The number of carbonyl (C=O) groups excluding carboxylic acids is 1. The molecule has 3 aromatic rings. The Labute approximate surface area is 159 Å². The van der Waals surface area contributed by atoms with Crippen molar-refractivity contribution < 1.29 is 18.8 Å².